The fraction of sp³-hybridized carbons (Fsp3) is 0.231. The summed E-state index contributed by atoms with van der Waals surface area (Å²) in [6.07, 6.45) is 0.613. The molecule has 2 N–H and O–H groups in total. The Morgan fingerprint density at radius 2 is 2.20 bits per heavy atom. The number of aryl methyl sites for hydroxylation is 1. The van der Waals surface area contributed by atoms with E-state index in [1.807, 2.05) is 6.92 Å². The van der Waals surface area contributed by atoms with Crippen LogP contribution in [0.15, 0.2) is 16.7 Å². The van der Waals surface area contributed by atoms with Gasteiger partial charge in [-0.15, -0.1) is 0 Å². The third-order valence-electron chi connectivity index (χ3n) is 2.85. The van der Waals surface area contributed by atoms with Gasteiger partial charge in [0.2, 0.25) is 0 Å². The lowest BCUT2D eigenvalue weighted by Gasteiger charge is -2.12. The van der Waals surface area contributed by atoms with Crippen molar-refractivity contribution in [1.29, 1.82) is 0 Å². The summed E-state index contributed by atoms with van der Waals surface area (Å²) in [5.74, 6) is -1.15. The predicted molar refractivity (Wildman–Crippen MR) is 71.5 cm³/mol. The average molecular weight is 298 g/mol. The van der Waals surface area contributed by atoms with Crippen molar-refractivity contribution in [2.75, 3.05) is 7.11 Å². The zero-order chi connectivity index (χ0) is 14.9. The number of aromatic nitrogens is 1. The number of nitrogens with zero attached hydrogens (tertiary/aromatic N) is 1. The van der Waals surface area contributed by atoms with Gasteiger partial charge in [0.1, 0.15) is 0 Å². The van der Waals surface area contributed by atoms with Crippen molar-refractivity contribution in [3.05, 3.63) is 28.4 Å². The number of halogens is 1. The highest BCUT2D eigenvalue weighted by Gasteiger charge is 2.22. The van der Waals surface area contributed by atoms with Crippen molar-refractivity contribution in [2.24, 2.45) is 0 Å². The molecule has 0 aliphatic carbocycles. The van der Waals surface area contributed by atoms with Gasteiger partial charge in [-0.2, -0.15) is 0 Å². The largest absolute Gasteiger partial charge is 0.504 e. The molecule has 0 spiro atoms. The number of rotatable bonds is 4. The Labute approximate surface area is 119 Å². The summed E-state index contributed by atoms with van der Waals surface area (Å²) in [4.78, 5) is 10.8. The van der Waals surface area contributed by atoms with Crippen LogP contribution >= 0.6 is 11.6 Å². The van der Waals surface area contributed by atoms with E-state index in [1.54, 1.807) is 6.07 Å². The van der Waals surface area contributed by atoms with E-state index in [2.05, 4.69) is 5.16 Å². The average Bonchev–Trinajstić information content (AvgIpc) is 2.89. The second kappa shape index (κ2) is 5.42. The quantitative estimate of drug-likeness (QED) is 0.901. The van der Waals surface area contributed by atoms with Crippen molar-refractivity contribution < 1.29 is 24.3 Å². The zero-order valence-electron chi connectivity index (χ0n) is 10.8. The monoisotopic (exact) mass is 297 g/mol. The maximum atomic E-state index is 10.8. The summed E-state index contributed by atoms with van der Waals surface area (Å²) < 4.78 is 10.0. The number of phenols is 1. The first-order valence-corrected chi connectivity index (χ1v) is 6.16. The molecule has 0 saturated heterocycles. The first kappa shape index (κ1) is 14.2. The van der Waals surface area contributed by atoms with Crippen molar-refractivity contribution >= 4 is 17.6 Å². The molecule has 0 atom stereocenters. The van der Waals surface area contributed by atoms with Crippen molar-refractivity contribution in [3.63, 3.8) is 0 Å². The summed E-state index contributed by atoms with van der Waals surface area (Å²) in [5, 5.41) is 22.7. The van der Waals surface area contributed by atoms with Gasteiger partial charge >= 0.3 is 5.97 Å². The van der Waals surface area contributed by atoms with Crippen LogP contribution < -0.4 is 4.74 Å². The summed E-state index contributed by atoms with van der Waals surface area (Å²) in [6, 6.07) is 2.82. The minimum atomic E-state index is -1.23. The summed E-state index contributed by atoms with van der Waals surface area (Å²) in [6.45, 7) is 1.89. The molecule has 2 aromatic rings. The third-order valence-corrected chi connectivity index (χ3v) is 3.29. The number of phenolic OH excluding ortho intramolecular Hbond substituents is 1. The van der Waals surface area contributed by atoms with Crippen LogP contribution in [0.2, 0.25) is 5.02 Å². The van der Waals surface area contributed by atoms with E-state index in [4.69, 9.17) is 26.0 Å². The van der Waals surface area contributed by atoms with Crippen LogP contribution in [0.4, 0.5) is 0 Å². The number of carboxylic acid groups (broad SMARTS) is 1. The molecule has 1 aromatic heterocycles. The predicted octanol–water partition coefficient (Wildman–Crippen LogP) is 2.97. The SMILES string of the molecule is CCc1cc(OC)c(O)c(-c2cc(C(=O)O)no2)c1Cl. The van der Waals surface area contributed by atoms with Gasteiger partial charge in [0, 0.05) is 6.07 Å². The Morgan fingerprint density at radius 3 is 2.70 bits per heavy atom. The Balaban J connectivity index is 2.67. The second-order valence-electron chi connectivity index (χ2n) is 4.01. The lowest BCUT2D eigenvalue weighted by atomic mass is 10.0. The molecular formula is C13H12ClNO5. The van der Waals surface area contributed by atoms with Gasteiger partial charge in [-0.25, -0.2) is 4.79 Å². The number of methoxy groups -OCH3 is 1. The van der Waals surface area contributed by atoms with Gasteiger partial charge < -0.3 is 19.5 Å². The fourth-order valence-corrected chi connectivity index (χ4v) is 2.18. The molecule has 1 heterocycles. The van der Waals surface area contributed by atoms with Crippen LogP contribution in [-0.4, -0.2) is 28.4 Å². The lowest BCUT2D eigenvalue weighted by molar-refractivity contribution is 0.0686. The minimum absolute atomic E-state index is 0.0681. The fourth-order valence-electron chi connectivity index (χ4n) is 1.81. The van der Waals surface area contributed by atoms with Gasteiger partial charge in [-0.3, -0.25) is 0 Å². The molecule has 0 fully saturated rings. The molecule has 2 rings (SSSR count). The van der Waals surface area contributed by atoms with Gasteiger partial charge in [0.25, 0.3) is 0 Å². The number of carbonyl (C=O) groups is 1. The van der Waals surface area contributed by atoms with Gasteiger partial charge in [-0.05, 0) is 18.1 Å². The van der Waals surface area contributed by atoms with E-state index in [-0.39, 0.29) is 33.5 Å². The van der Waals surface area contributed by atoms with Gasteiger partial charge in [0.15, 0.2) is 23.0 Å². The van der Waals surface area contributed by atoms with Crippen LogP contribution in [0.1, 0.15) is 23.0 Å². The van der Waals surface area contributed by atoms with Crippen molar-refractivity contribution in [3.8, 4) is 22.8 Å². The molecule has 1 aromatic carbocycles. The van der Waals surface area contributed by atoms with E-state index >= 15 is 0 Å². The summed E-state index contributed by atoms with van der Waals surface area (Å²) in [7, 11) is 1.41. The Hall–Kier alpha value is -2.21. The number of aromatic hydroxyl groups is 1. The van der Waals surface area contributed by atoms with E-state index in [9.17, 15) is 9.90 Å². The number of aromatic carboxylic acids is 1. The molecule has 20 heavy (non-hydrogen) atoms. The second-order valence-corrected chi connectivity index (χ2v) is 4.39. The highest BCUT2D eigenvalue weighted by atomic mass is 35.5. The van der Waals surface area contributed by atoms with Crippen LogP contribution in [0.25, 0.3) is 11.3 Å². The van der Waals surface area contributed by atoms with E-state index in [0.717, 1.165) is 5.56 Å². The Morgan fingerprint density at radius 1 is 1.50 bits per heavy atom. The number of hydrogen-bond acceptors (Lipinski definition) is 5. The number of ether oxygens (including phenoxy) is 1. The zero-order valence-corrected chi connectivity index (χ0v) is 11.6. The first-order chi connectivity index (χ1) is 9.49. The van der Waals surface area contributed by atoms with Crippen LogP contribution in [0, 0.1) is 0 Å². The van der Waals surface area contributed by atoms with Crippen LogP contribution in [0.5, 0.6) is 11.5 Å². The molecule has 6 nitrogen and oxygen atoms in total. The minimum Gasteiger partial charge on any atom is -0.504 e. The molecule has 7 heteroatoms. The van der Waals surface area contributed by atoms with E-state index in [1.165, 1.54) is 13.2 Å². The molecule has 0 saturated carbocycles. The molecule has 106 valence electrons. The van der Waals surface area contributed by atoms with E-state index < -0.39 is 5.97 Å². The first-order valence-electron chi connectivity index (χ1n) is 5.78. The lowest BCUT2D eigenvalue weighted by Crippen LogP contribution is -1.95. The molecule has 0 amide bonds. The summed E-state index contributed by atoms with van der Waals surface area (Å²) >= 11 is 6.22. The smallest absolute Gasteiger partial charge is 0.358 e. The molecule has 0 unspecified atom stereocenters. The van der Waals surface area contributed by atoms with Gasteiger partial charge in [0.05, 0.1) is 17.7 Å². The van der Waals surface area contributed by atoms with Crippen molar-refractivity contribution in [2.45, 2.75) is 13.3 Å². The molecule has 0 aliphatic heterocycles. The van der Waals surface area contributed by atoms with Crippen molar-refractivity contribution in [1.82, 2.24) is 5.16 Å². The van der Waals surface area contributed by atoms with Crippen LogP contribution in [0.3, 0.4) is 0 Å². The van der Waals surface area contributed by atoms with E-state index in [0.29, 0.717) is 6.42 Å². The molecular weight excluding hydrogens is 286 g/mol. The topological polar surface area (TPSA) is 92.8 Å². The molecule has 0 radical (unpaired) electrons. The number of carboxylic acids is 1. The highest BCUT2D eigenvalue weighted by molar-refractivity contribution is 6.34. The summed E-state index contributed by atoms with van der Waals surface area (Å²) in [5.41, 5.74) is 0.642. The number of benzene rings is 1. The van der Waals surface area contributed by atoms with Gasteiger partial charge in [-0.1, -0.05) is 23.7 Å². The third kappa shape index (κ3) is 2.30. The molecule has 0 bridgehead atoms. The maximum absolute atomic E-state index is 10.8. The maximum Gasteiger partial charge on any atom is 0.358 e. The number of hydrogen-bond donors (Lipinski definition) is 2. The van der Waals surface area contributed by atoms with Crippen LogP contribution in [-0.2, 0) is 6.42 Å². The normalized spacial score (nSPS) is 10.6. The Kier molecular flexibility index (Phi) is 3.85. The highest BCUT2D eigenvalue weighted by Crippen LogP contribution is 2.44. The Bertz CT molecular complexity index is 637. The standard InChI is InChI=1S/C13H12ClNO5/c1-3-6-4-9(19-2)12(16)10(11(6)14)8-5-7(13(17)18)15-20-8/h4-5,16H,3H2,1-2H3,(H,17,18). The molecule has 0 aliphatic rings.